The van der Waals surface area contributed by atoms with Crippen LogP contribution in [0.4, 0.5) is 5.00 Å². The number of nitrogens with zero attached hydrogens (tertiary/aromatic N) is 2. The van der Waals surface area contributed by atoms with Gasteiger partial charge in [0.05, 0.1) is 11.0 Å². The van der Waals surface area contributed by atoms with Crippen LogP contribution in [0.3, 0.4) is 0 Å². The van der Waals surface area contributed by atoms with Gasteiger partial charge in [-0.15, -0.1) is 0 Å². The molecule has 6 heteroatoms. The summed E-state index contributed by atoms with van der Waals surface area (Å²) in [6.07, 6.45) is 0.363. The van der Waals surface area contributed by atoms with Crippen LogP contribution in [0, 0.1) is 21.4 Å². The first-order chi connectivity index (χ1) is 7.07. The molecule has 0 aromatic carbocycles. The van der Waals surface area contributed by atoms with E-state index in [0.29, 0.717) is 4.88 Å². The molecule has 0 N–H and O–H groups in total. The Morgan fingerprint density at radius 2 is 2.20 bits per heavy atom. The molecule has 5 nitrogen and oxygen atoms in total. The topological polar surface area (TPSA) is 84.0 Å². The minimum atomic E-state index is -0.796. The maximum atomic E-state index is 10.9. The highest BCUT2D eigenvalue weighted by Gasteiger charge is 2.47. The summed E-state index contributed by atoms with van der Waals surface area (Å²) in [5, 5.41) is 19.5. The summed E-state index contributed by atoms with van der Waals surface area (Å²) in [4.78, 5) is 21.5. The smallest absolute Gasteiger partial charge is 0.300 e. The van der Waals surface area contributed by atoms with Crippen LogP contribution >= 0.6 is 11.3 Å². The highest BCUT2D eigenvalue weighted by atomic mass is 32.1. The third-order valence-corrected chi connectivity index (χ3v) is 3.70. The molecule has 1 fully saturated rings. The highest BCUT2D eigenvalue weighted by Crippen LogP contribution is 2.44. The van der Waals surface area contributed by atoms with E-state index in [-0.39, 0.29) is 23.6 Å². The SMILES string of the molecule is N#CC1(c2ccc([N+](=O)[O-])s2)CC(=O)C1. The maximum Gasteiger partial charge on any atom is 0.324 e. The van der Waals surface area contributed by atoms with Crippen LogP contribution in [0.5, 0.6) is 0 Å². The number of nitriles is 1. The lowest BCUT2D eigenvalue weighted by atomic mass is 9.68. The minimum absolute atomic E-state index is 0.0129. The Kier molecular flexibility index (Phi) is 2.05. The second kappa shape index (κ2) is 3.14. The van der Waals surface area contributed by atoms with Gasteiger partial charge in [0.2, 0.25) is 0 Å². The number of thiophene rings is 1. The number of ketones is 1. The van der Waals surface area contributed by atoms with Gasteiger partial charge >= 0.3 is 5.00 Å². The van der Waals surface area contributed by atoms with Gasteiger partial charge in [0.15, 0.2) is 0 Å². The largest absolute Gasteiger partial charge is 0.324 e. The Bertz CT molecular complexity index is 478. The molecule has 15 heavy (non-hydrogen) atoms. The van der Waals surface area contributed by atoms with E-state index in [2.05, 4.69) is 6.07 Å². The number of hydrogen-bond donors (Lipinski definition) is 0. The second-order valence-corrected chi connectivity index (χ2v) is 4.54. The molecule has 0 unspecified atom stereocenters. The minimum Gasteiger partial charge on any atom is -0.300 e. The van der Waals surface area contributed by atoms with Crippen LogP contribution in [0.1, 0.15) is 17.7 Å². The third kappa shape index (κ3) is 1.41. The molecule has 1 heterocycles. The van der Waals surface area contributed by atoms with Gasteiger partial charge in [-0.2, -0.15) is 5.26 Å². The monoisotopic (exact) mass is 222 g/mol. The Hall–Kier alpha value is -1.74. The summed E-state index contributed by atoms with van der Waals surface area (Å²) < 4.78 is 0. The van der Waals surface area contributed by atoms with Gasteiger partial charge in [-0.05, 0) is 6.07 Å². The van der Waals surface area contributed by atoms with E-state index in [0.717, 1.165) is 11.3 Å². The fraction of sp³-hybridized carbons (Fsp3) is 0.333. The molecule has 0 amide bonds. The Morgan fingerprint density at radius 3 is 2.60 bits per heavy atom. The normalized spacial score (nSPS) is 17.9. The fourth-order valence-corrected chi connectivity index (χ4v) is 2.57. The summed E-state index contributed by atoms with van der Waals surface area (Å²) in [7, 11) is 0. The van der Waals surface area contributed by atoms with E-state index in [1.165, 1.54) is 6.07 Å². The molecule has 1 aliphatic carbocycles. The summed E-state index contributed by atoms with van der Waals surface area (Å²) in [5.74, 6) is 0.0348. The molecule has 0 spiro atoms. The molecular formula is C9H6N2O3S. The summed E-state index contributed by atoms with van der Waals surface area (Å²) >= 11 is 0.977. The van der Waals surface area contributed by atoms with Gasteiger partial charge in [0.25, 0.3) is 0 Å². The molecule has 1 aromatic heterocycles. The quantitative estimate of drug-likeness (QED) is 0.564. The molecule has 0 aliphatic heterocycles. The highest BCUT2D eigenvalue weighted by molar-refractivity contribution is 7.15. The van der Waals surface area contributed by atoms with Gasteiger partial charge in [-0.25, -0.2) is 0 Å². The molecular weight excluding hydrogens is 216 g/mol. The van der Waals surface area contributed by atoms with Crippen LogP contribution in [-0.2, 0) is 10.2 Å². The zero-order valence-electron chi connectivity index (χ0n) is 7.60. The Balaban J connectivity index is 2.34. The van der Waals surface area contributed by atoms with Crippen LogP contribution in [0.25, 0.3) is 0 Å². The summed E-state index contributed by atoms with van der Waals surface area (Å²) in [5.41, 5.74) is -0.796. The van der Waals surface area contributed by atoms with Crippen molar-refractivity contribution in [3.63, 3.8) is 0 Å². The fourth-order valence-electron chi connectivity index (χ4n) is 1.61. The molecule has 1 aromatic rings. The lowest BCUT2D eigenvalue weighted by molar-refractivity contribution is -0.380. The lowest BCUT2D eigenvalue weighted by Gasteiger charge is -2.32. The summed E-state index contributed by atoms with van der Waals surface area (Å²) in [6.45, 7) is 0. The van der Waals surface area contributed by atoms with Crippen LogP contribution in [-0.4, -0.2) is 10.7 Å². The Labute approximate surface area is 89.1 Å². The molecule has 2 rings (SSSR count). The van der Waals surface area contributed by atoms with Crippen molar-refractivity contribution in [2.75, 3.05) is 0 Å². The Morgan fingerprint density at radius 1 is 1.53 bits per heavy atom. The second-order valence-electron chi connectivity index (χ2n) is 3.48. The van der Waals surface area contributed by atoms with E-state index in [1.54, 1.807) is 6.07 Å². The number of Topliss-reactive ketones (excluding diaryl/α,β-unsaturated/α-hetero) is 1. The van der Waals surface area contributed by atoms with Crippen molar-refractivity contribution in [1.29, 1.82) is 5.26 Å². The van der Waals surface area contributed by atoms with Crippen LogP contribution in [0.2, 0.25) is 0 Å². The summed E-state index contributed by atoms with van der Waals surface area (Å²) in [6, 6.07) is 5.03. The molecule has 1 saturated carbocycles. The zero-order valence-corrected chi connectivity index (χ0v) is 8.41. The standard InChI is InChI=1S/C9H6N2O3S/c10-5-9(3-6(12)4-9)7-1-2-8(15-7)11(13)14/h1-2H,3-4H2. The van der Waals surface area contributed by atoms with Gasteiger partial charge < -0.3 is 0 Å². The number of hydrogen-bond acceptors (Lipinski definition) is 5. The third-order valence-electron chi connectivity index (χ3n) is 2.46. The number of carbonyl (C=O) groups is 1. The molecule has 0 atom stereocenters. The van der Waals surface area contributed by atoms with Crippen molar-refractivity contribution < 1.29 is 9.72 Å². The van der Waals surface area contributed by atoms with Crippen molar-refractivity contribution in [2.24, 2.45) is 0 Å². The van der Waals surface area contributed by atoms with E-state index in [4.69, 9.17) is 5.26 Å². The van der Waals surface area contributed by atoms with Gasteiger partial charge in [-0.3, -0.25) is 14.9 Å². The van der Waals surface area contributed by atoms with Crippen molar-refractivity contribution in [3.8, 4) is 6.07 Å². The first-order valence-electron chi connectivity index (χ1n) is 4.25. The van der Waals surface area contributed by atoms with Crippen LogP contribution < -0.4 is 0 Å². The predicted molar refractivity (Wildman–Crippen MR) is 52.5 cm³/mol. The van der Waals surface area contributed by atoms with Gasteiger partial charge in [-0.1, -0.05) is 11.3 Å². The zero-order chi connectivity index (χ0) is 11.1. The molecule has 76 valence electrons. The van der Waals surface area contributed by atoms with E-state index < -0.39 is 10.3 Å². The average Bonchev–Trinajstić information content (AvgIpc) is 2.61. The van der Waals surface area contributed by atoms with Crippen LogP contribution in [0.15, 0.2) is 12.1 Å². The maximum absolute atomic E-state index is 10.9. The predicted octanol–water partition coefficient (Wildman–Crippen LogP) is 1.78. The van der Waals surface area contributed by atoms with Gasteiger partial charge in [0.1, 0.15) is 11.2 Å². The number of nitro groups is 1. The molecule has 0 bridgehead atoms. The van der Waals surface area contributed by atoms with Crippen molar-refractivity contribution in [3.05, 3.63) is 27.1 Å². The molecule has 0 radical (unpaired) electrons. The van der Waals surface area contributed by atoms with Crippen molar-refractivity contribution >= 4 is 22.1 Å². The number of carbonyl (C=O) groups excluding carboxylic acids is 1. The number of rotatable bonds is 2. The molecule has 1 aliphatic rings. The van der Waals surface area contributed by atoms with Gasteiger partial charge in [0, 0.05) is 23.8 Å². The van der Waals surface area contributed by atoms with E-state index >= 15 is 0 Å². The van der Waals surface area contributed by atoms with E-state index in [9.17, 15) is 14.9 Å². The first-order valence-corrected chi connectivity index (χ1v) is 5.07. The first kappa shape index (κ1) is 9.80. The molecule has 0 saturated heterocycles. The van der Waals surface area contributed by atoms with Crippen molar-refractivity contribution in [2.45, 2.75) is 18.3 Å². The van der Waals surface area contributed by atoms with E-state index in [1.807, 2.05) is 0 Å². The average molecular weight is 222 g/mol. The lowest BCUT2D eigenvalue weighted by Crippen LogP contribution is -2.39. The van der Waals surface area contributed by atoms with Crippen molar-refractivity contribution in [1.82, 2.24) is 0 Å².